The highest BCUT2D eigenvalue weighted by molar-refractivity contribution is 5.94. The Balaban J connectivity index is 1.77. The number of carbonyl (C=O) groups excluding carboxylic acids is 2. The van der Waals surface area contributed by atoms with Gasteiger partial charge in [0, 0.05) is 48.2 Å². The van der Waals surface area contributed by atoms with E-state index in [-0.39, 0.29) is 11.6 Å². The van der Waals surface area contributed by atoms with Crippen LogP contribution < -0.4 is 9.13 Å². The lowest BCUT2D eigenvalue weighted by atomic mass is 10.2. The number of nitrogens with zero attached hydrogens (tertiary/aromatic N) is 2. The first-order valence-electron chi connectivity index (χ1n) is 7.56. The van der Waals surface area contributed by atoms with E-state index in [1.807, 2.05) is 49.1 Å². The Morgan fingerprint density at radius 1 is 0.727 bits per heavy atom. The lowest BCUT2D eigenvalue weighted by Gasteiger charge is -1.99. The Morgan fingerprint density at radius 2 is 1.05 bits per heavy atom. The quantitative estimate of drug-likeness (QED) is 0.446. The smallest absolute Gasteiger partial charge is 0.169 e. The fourth-order valence-corrected chi connectivity index (χ4v) is 2.27. The Kier molecular flexibility index (Phi) is 5.53. The average molecular weight is 298 g/mol. The maximum Gasteiger partial charge on any atom is 0.169 e. The van der Waals surface area contributed by atoms with E-state index in [1.54, 1.807) is 13.8 Å². The molecule has 0 N–H and O–H groups in total. The summed E-state index contributed by atoms with van der Waals surface area (Å²) in [4.78, 5) is 22.4. The SMILES string of the molecule is CC(=O)c1cc[n+](CCCC[n+]2ccc(C(C)=O)cc2)cc1. The lowest BCUT2D eigenvalue weighted by Crippen LogP contribution is -2.35. The minimum atomic E-state index is 0.0950. The van der Waals surface area contributed by atoms with Crippen LogP contribution in [0.4, 0.5) is 0 Å². The Hall–Kier alpha value is -2.36. The molecule has 114 valence electrons. The molecule has 0 fully saturated rings. The normalized spacial score (nSPS) is 10.5. The number of ketones is 2. The van der Waals surface area contributed by atoms with Crippen molar-refractivity contribution < 1.29 is 18.7 Å². The molecular weight excluding hydrogens is 276 g/mol. The third-order valence-electron chi connectivity index (χ3n) is 3.68. The van der Waals surface area contributed by atoms with Crippen LogP contribution in [-0.4, -0.2) is 11.6 Å². The van der Waals surface area contributed by atoms with Gasteiger partial charge in [-0.15, -0.1) is 0 Å². The van der Waals surface area contributed by atoms with E-state index < -0.39 is 0 Å². The van der Waals surface area contributed by atoms with E-state index in [1.165, 1.54) is 0 Å². The predicted molar refractivity (Wildman–Crippen MR) is 82.5 cm³/mol. The van der Waals surface area contributed by atoms with Crippen LogP contribution in [0.5, 0.6) is 0 Å². The van der Waals surface area contributed by atoms with Gasteiger partial charge in [-0.2, -0.15) is 0 Å². The van der Waals surface area contributed by atoms with Crippen molar-refractivity contribution >= 4 is 11.6 Å². The van der Waals surface area contributed by atoms with E-state index in [2.05, 4.69) is 9.13 Å². The van der Waals surface area contributed by atoms with Crippen LogP contribution in [0, 0.1) is 0 Å². The molecule has 0 saturated heterocycles. The van der Waals surface area contributed by atoms with Gasteiger partial charge in [0.05, 0.1) is 0 Å². The van der Waals surface area contributed by atoms with Crippen molar-refractivity contribution in [2.45, 2.75) is 39.8 Å². The maximum atomic E-state index is 11.2. The van der Waals surface area contributed by atoms with Gasteiger partial charge < -0.3 is 0 Å². The van der Waals surface area contributed by atoms with Crippen LogP contribution in [0.1, 0.15) is 47.4 Å². The van der Waals surface area contributed by atoms with Crippen LogP contribution in [-0.2, 0) is 13.1 Å². The van der Waals surface area contributed by atoms with Crippen molar-refractivity contribution in [3.8, 4) is 0 Å². The molecule has 0 unspecified atom stereocenters. The molecule has 22 heavy (non-hydrogen) atoms. The summed E-state index contributed by atoms with van der Waals surface area (Å²) >= 11 is 0. The molecule has 0 aromatic carbocycles. The number of hydrogen-bond donors (Lipinski definition) is 0. The summed E-state index contributed by atoms with van der Waals surface area (Å²) in [6, 6.07) is 7.43. The highest BCUT2D eigenvalue weighted by Crippen LogP contribution is 1.98. The molecule has 0 aliphatic rings. The molecule has 2 aromatic heterocycles. The van der Waals surface area contributed by atoms with Crippen LogP contribution in [0.15, 0.2) is 49.1 Å². The van der Waals surface area contributed by atoms with Gasteiger partial charge in [-0.1, -0.05) is 0 Å². The monoisotopic (exact) mass is 298 g/mol. The van der Waals surface area contributed by atoms with E-state index in [0.717, 1.165) is 37.1 Å². The second kappa shape index (κ2) is 7.59. The summed E-state index contributed by atoms with van der Waals surface area (Å²) in [6.07, 6.45) is 9.92. The zero-order valence-electron chi connectivity index (χ0n) is 13.2. The molecular formula is C18H22N2O2+2. The van der Waals surface area contributed by atoms with Gasteiger partial charge in [0.15, 0.2) is 36.4 Å². The third kappa shape index (κ3) is 4.58. The molecule has 4 nitrogen and oxygen atoms in total. The molecule has 2 rings (SSSR count). The molecule has 0 atom stereocenters. The minimum absolute atomic E-state index is 0.0950. The fraction of sp³-hybridized carbons (Fsp3) is 0.333. The summed E-state index contributed by atoms with van der Waals surface area (Å²) in [5.74, 6) is 0.190. The maximum absolute atomic E-state index is 11.2. The van der Waals surface area contributed by atoms with Gasteiger partial charge in [0.1, 0.15) is 13.1 Å². The summed E-state index contributed by atoms with van der Waals surface area (Å²) < 4.78 is 4.19. The molecule has 0 radical (unpaired) electrons. The number of unbranched alkanes of at least 4 members (excludes halogenated alkanes) is 1. The van der Waals surface area contributed by atoms with Crippen molar-refractivity contribution in [3.05, 3.63) is 60.2 Å². The molecule has 0 spiro atoms. The molecule has 2 aromatic rings. The molecule has 0 aliphatic heterocycles. The number of rotatable bonds is 7. The number of aromatic nitrogens is 2. The number of Topliss-reactive ketones (excluding diaryl/α,β-unsaturated/α-hetero) is 2. The van der Waals surface area contributed by atoms with Crippen LogP contribution in [0.25, 0.3) is 0 Å². The number of hydrogen-bond acceptors (Lipinski definition) is 2. The molecule has 2 heterocycles. The fourth-order valence-electron chi connectivity index (χ4n) is 2.27. The highest BCUT2D eigenvalue weighted by atomic mass is 16.1. The largest absolute Gasteiger partial charge is 0.295 e. The number of carbonyl (C=O) groups is 2. The van der Waals surface area contributed by atoms with Crippen molar-refractivity contribution in [2.24, 2.45) is 0 Å². The van der Waals surface area contributed by atoms with Crippen molar-refractivity contribution in [1.82, 2.24) is 0 Å². The van der Waals surface area contributed by atoms with E-state index in [4.69, 9.17) is 0 Å². The van der Waals surface area contributed by atoms with Crippen molar-refractivity contribution in [1.29, 1.82) is 0 Å². The van der Waals surface area contributed by atoms with Gasteiger partial charge in [0.25, 0.3) is 0 Å². The van der Waals surface area contributed by atoms with Crippen LogP contribution in [0.3, 0.4) is 0 Å². The average Bonchev–Trinajstić information content (AvgIpc) is 2.52. The van der Waals surface area contributed by atoms with E-state index in [0.29, 0.717) is 0 Å². The molecule has 0 saturated carbocycles. The van der Waals surface area contributed by atoms with Crippen LogP contribution >= 0.6 is 0 Å². The zero-order chi connectivity index (χ0) is 15.9. The van der Waals surface area contributed by atoms with Crippen molar-refractivity contribution in [2.75, 3.05) is 0 Å². The second-order valence-electron chi connectivity index (χ2n) is 5.47. The first kappa shape index (κ1) is 16.0. The molecule has 0 bridgehead atoms. The summed E-state index contributed by atoms with van der Waals surface area (Å²) in [5.41, 5.74) is 1.50. The molecule has 0 aliphatic carbocycles. The number of aryl methyl sites for hydroxylation is 2. The molecule has 4 heteroatoms. The van der Waals surface area contributed by atoms with E-state index >= 15 is 0 Å². The summed E-state index contributed by atoms with van der Waals surface area (Å²) in [7, 11) is 0. The Morgan fingerprint density at radius 3 is 1.32 bits per heavy atom. The first-order chi connectivity index (χ1) is 10.6. The van der Waals surface area contributed by atoms with Crippen molar-refractivity contribution in [3.63, 3.8) is 0 Å². The third-order valence-corrected chi connectivity index (χ3v) is 3.68. The zero-order valence-corrected chi connectivity index (χ0v) is 13.2. The Bertz CT molecular complexity index is 586. The predicted octanol–water partition coefficient (Wildman–Crippen LogP) is 2.15. The van der Waals surface area contributed by atoms with Gasteiger partial charge in [-0.3, -0.25) is 9.59 Å². The van der Waals surface area contributed by atoms with Gasteiger partial charge in [0.2, 0.25) is 0 Å². The highest BCUT2D eigenvalue weighted by Gasteiger charge is 2.06. The lowest BCUT2D eigenvalue weighted by molar-refractivity contribution is -0.708. The number of pyridine rings is 2. The minimum Gasteiger partial charge on any atom is -0.295 e. The van der Waals surface area contributed by atoms with Gasteiger partial charge >= 0.3 is 0 Å². The van der Waals surface area contributed by atoms with E-state index in [9.17, 15) is 9.59 Å². The van der Waals surface area contributed by atoms with Gasteiger partial charge in [-0.05, 0) is 13.8 Å². The second-order valence-corrected chi connectivity index (χ2v) is 5.47. The molecule has 0 amide bonds. The Labute approximate surface area is 131 Å². The topological polar surface area (TPSA) is 41.9 Å². The van der Waals surface area contributed by atoms with Gasteiger partial charge in [-0.25, -0.2) is 9.13 Å². The van der Waals surface area contributed by atoms with Crippen LogP contribution in [0.2, 0.25) is 0 Å². The first-order valence-corrected chi connectivity index (χ1v) is 7.56. The summed E-state index contributed by atoms with van der Waals surface area (Å²) in [6.45, 7) is 5.02. The summed E-state index contributed by atoms with van der Waals surface area (Å²) in [5, 5.41) is 0. The standard InChI is InChI=1S/C18H22N2O2/c1-15(21)17-5-11-19(12-6-17)9-3-4-10-20-13-7-18(8-14-20)16(2)22/h5-8,11-14H,3-4,9-10H2,1-2H3/q+2.